The Balaban J connectivity index is 3.86. The quantitative estimate of drug-likeness (QED) is 0.504. The number of hydrogen-bond donors (Lipinski definition) is 3. The largest absolute Gasteiger partial charge is 0.396 e. The summed E-state index contributed by atoms with van der Waals surface area (Å²) in [4.78, 5) is 11.6. The van der Waals surface area contributed by atoms with Crippen LogP contribution in [0.4, 0.5) is 0 Å². The maximum Gasteiger partial charge on any atom is 0.236 e. The molecule has 5 heteroatoms. The summed E-state index contributed by atoms with van der Waals surface area (Å²) in [6.07, 6.45) is 0. The molecule has 3 N–H and O–H groups in total. The van der Waals surface area contributed by atoms with Gasteiger partial charge in [-0.2, -0.15) is 0 Å². The molecular formula is C11H24N2O3. The molecule has 0 saturated heterocycles. The van der Waals surface area contributed by atoms with Gasteiger partial charge in [-0.25, -0.2) is 0 Å². The van der Waals surface area contributed by atoms with E-state index in [-0.39, 0.29) is 30.5 Å². The Morgan fingerprint density at radius 1 is 1.38 bits per heavy atom. The Labute approximate surface area is 97.6 Å². The second kappa shape index (κ2) is 8.50. The van der Waals surface area contributed by atoms with Crippen molar-refractivity contribution in [2.75, 3.05) is 26.9 Å². The van der Waals surface area contributed by atoms with Gasteiger partial charge in [-0.3, -0.25) is 4.79 Å². The standard InChI is InChI=1S/C11H24N2O3/c1-8(7-14)9(2)13-10(3)11(15)12-5-6-16-4/h8-10,13-14H,5-7H2,1-4H3,(H,12,15). The van der Waals surface area contributed by atoms with E-state index in [1.54, 1.807) is 7.11 Å². The van der Waals surface area contributed by atoms with Crippen LogP contribution in [0.15, 0.2) is 0 Å². The molecule has 96 valence electrons. The van der Waals surface area contributed by atoms with Gasteiger partial charge in [0.2, 0.25) is 5.91 Å². The predicted molar refractivity (Wildman–Crippen MR) is 63.2 cm³/mol. The molecular weight excluding hydrogens is 208 g/mol. The van der Waals surface area contributed by atoms with Crippen molar-refractivity contribution in [3.63, 3.8) is 0 Å². The van der Waals surface area contributed by atoms with E-state index >= 15 is 0 Å². The highest BCUT2D eigenvalue weighted by Crippen LogP contribution is 2.01. The third kappa shape index (κ3) is 6.05. The fraction of sp³-hybridized carbons (Fsp3) is 0.909. The number of carbonyl (C=O) groups excluding carboxylic acids is 1. The highest BCUT2D eigenvalue weighted by molar-refractivity contribution is 5.81. The van der Waals surface area contributed by atoms with Crippen LogP contribution in [0.3, 0.4) is 0 Å². The van der Waals surface area contributed by atoms with Crippen LogP contribution in [0, 0.1) is 5.92 Å². The third-order valence-corrected chi connectivity index (χ3v) is 2.65. The molecule has 0 aliphatic rings. The number of nitrogens with one attached hydrogen (secondary N) is 2. The zero-order valence-electron chi connectivity index (χ0n) is 10.6. The molecule has 0 aromatic carbocycles. The SMILES string of the molecule is COCCNC(=O)C(C)NC(C)C(C)CO. The highest BCUT2D eigenvalue weighted by Gasteiger charge is 2.18. The number of rotatable bonds is 8. The molecule has 3 unspecified atom stereocenters. The molecule has 0 rings (SSSR count). The van der Waals surface area contributed by atoms with E-state index in [0.29, 0.717) is 13.2 Å². The minimum Gasteiger partial charge on any atom is -0.396 e. The van der Waals surface area contributed by atoms with Crippen molar-refractivity contribution in [2.24, 2.45) is 5.92 Å². The van der Waals surface area contributed by atoms with Gasteiger partial charge in [0.25, 0.3) is 0 Å². The number of aliphatic hydroxyl groups is 1. The Morgan fingerprint density at radius 2 is 2.00 bits per heavy atom. The second-order valence-electron chi connectivity index (χ2n) is 4.12. The average Bonchev–Trinajstić information content (AvgIpc) is 2.27. The summed E-state index contributed by atoms with van der Waals surface area (Å²) in [5.41, 5.74) is 0. The third-order valence-electron chi connectivity index (χ3n) is 2.65. The molecule has 0 bridgehead atoms. The van der Waals surface area contributed by atoms with Crippen LogP contribution in [0.25, 0.3) is 0 Å². The first-order valence-electron chi connectivity index (χ1n) is 5.66. The van der Waals surface area contributed by atoms with E-state index in [4.69, 9.17) is 9.84 Å². The molecule has 0 fully saturated rings. The molecule has 1 amide bonds. The zero-order chi connectivity index (χ0) is 12.6. The molecule has 0 aliphatic heterocycles. The van der Waals surface area contributed by atoms with E-state index in [9.17, 15) is 4.79 Å². The van der Waals surface area contributed by atoms with Crippen LogP contribution in [-0.2, 0) is 9.53 Å². The van der Waals surface area contributed by atoms with Crippen molar-refractivity contribution in [2.45, 2.75) is 32.9 Å². The maximum atomic E-state index is 11.6. The normalized spacial score (nSPS) is 16.6. The first kappa shape index (κ1) is 15.3. The van der Waals surface area contributed by atoms with Crippen molar-refractivity contribution in [1.82, 2.24) is 10.6 Å². The Kier molecular flexibility index (Phi) is 8.15. The number of carbonyl (C=O) groups is 1. The van der Waals surface area contributed by atoms with E-state index in [0.717, 1.165) is 0 Å². The lowest BCUT2D eigenvalue weighted by molar-refractivity contribution is -0.123. The summed E-state index contributed by atoms with van der Waals surface area (Å²) in [7, 11) is 1.60. The van der Waals surface area contributed by atoms with Gasteiger partial charge >= 0.3 is 0 Å². The molecule has 0 aliphatic carbocycles. The Morgan fingerprint density at radius 3 is 2.50 bits per heavy atom. The number of hydrogen-bond acceptors (Lipinski definition) is 4. The highest BCUT2D eigenvalue weighted by atomic mass is 16.5. The summed E-state index contributed by atoms with van der Waals surface area (Å²) in [6.45, 7) is 6.86. The number of aliphatic hydroxyl groups excluding tert-OH is 1. The van der Waals surface area contributed by atoms with Gasteiger partial charge in [0.15, 0.2) is 0 Å². The summed E-state index contributed by atoms with van der Waals surface area (Å²) in [6, 6.07) is -0.158. The van der Waals surface area contributed by atoms with E-state index in [2.05, 4.69) is 10.6 Å². The Hall–Kier alpha value is -0.650. The summed E-state index contributed by atoms with van der Waals surface area (Å²) in [5, 5.41) is 14.9. The van der Waals surface area contributed by atoms with Gasteiger partial charge in [-0.05, 0) is 19.8 Å². The summed E-state index contributed by atoms with van der Waals surface area (Å²) >= 11 is 0. The summed E-state index contributed by atoms with van der Waals surface area (Å²) in [5.74, 6) is 0.0864. The molecule has 0 radical (unpaired) electrons. The van der Waals surface area contributed by atoms with Gasteiger partial charge in [0.05, 0.1) is 12.6 Å². The summed E-state index contributed by atoms with van der Waals surface area (Å²) < 4.78 is 4.84. The molecule has 16 heavy (non-hydrogen) atoms. The second-order valence-corrected chi connectivity index (χ2v) is 4.12. The van der Waals surface area contributed by atoms with Crippen LogP contribution >= 0.6 is 0 Å². The smallest absolute Gasteiger partial charge is 0.236 e. The van der Waals surface area contributed by atoms with Gasteiger partial charge in [0.1, 0.15) is 0 Å². The first-order valence-corrected chi connectivity index (χ1v) is 5.66. The first-order chi connectivity index (χ1) is 7.52. The van der Waals surface area contributed by atoms with Crippen molar-refractivity contribution >= 4 is 5.91 Å². The van der Waals surface area contributed by atoms with Gasteiger partial charge in [-0.1, -0.05) is 6.92 Å². The average molecular weight is 232 g/mol. The van der Waals surface area contributed by atoms with Gasteiger partial charge in [-0.15, -0.1) is 0 Å². The monoisotopic (exact) mass is 232 g/mol. The topological polar surface area (TPSA) is 70.6 Å². The van der Waals surface area contributed by atoms with Crippen LogP contribution in [-0.4, -0.2) is 50.0 Å². The van der Waals surface area contributed by atoms with Crippen LogP contribution in [0.1, 0.15) is 20.8 Å². The fourth-order valence-corrected chi connectivity index (χ4v) is 1.22. The number of methoxy groups -OCH3 is 1. The molecule has 0 heterocycles. The lowest BCUT2D eigenvalue weighted by Gasteiger charge is -2.23. The maximum absolute atomic E-state index is 11.6. The van der Waals surface area contributed by atoms with Gasteiger partial charge < -0.3 is 20.5 Å². The minimum atomic E-state index is -0.263. The molecule has 5 nitrogen and oxygen atoms in total. The molecule has 0 aromatic heterocycles. The molecule has 0 aromatic rings. The lowest BCUT2D eigenvalue weighted by Crippen LogP contribution is -2.48. The predicted octanol–water partition coefficient (Wildman–Crippen LogP) is -0.256. The van der Waals surface area contributed by atoms with E-state index in [1.165, 1.54) is 0 Å². The molecule has 3 atom stereocenters. The molecule has 0 spiro atoms. The van der Waals surface area contributed by atoms with Crippen LogP contribution in [0.2, 0.25) is 0 Å². The zero-order valence-corrected chi connectivity index (χ0v) is 10.6. The minimum absolute atomic E-state index is 0.0472. The molecule has 0 saturated carbocycles. The van der Waals surface area contributed by atoms with Gasteiger partial charge in [0, 0.05) is 26.3 Å². The van der Waals surface area contributed by atoms with Crippen molar-refractivity contribution in [3.8, 4) is 0 Å². The fourth-order valence-electron chi connectivity index (χ4n) is 1.22. The van der Waals surface area contributed by atoms with Crippen molar-refractivity contribution < 1.29 is 14.6 Å². The number of ether oxygens (including phenoxy) is 1. The number of amides is 1. The van der Waals surface area contributed by atoms with Crippen molar-refractivity contribution in [3.05, 3.63) is 0 Å². The Bertz CT molecular complexity index is 200. The lowest BCUT2D eigenvalue weighted by atomic mass is 10.0. The van der Waals surface area contributed by atoms with E-state index in [1.807, 2.05) is 20.8 Å². The van der Waals surface area contributed by atoms with E-state index < -0.39 is 0 Å². The van der Waals surface area contributed by atoms with Crippen LogP contribution < -0.4 is 10.6 Å². The van der Waals surface area contributed by atoms with Crippen LogP contribution in [0.5, 0.6) is 0 Å². The van der Waals surface area contributed by atoms with Crippen molar-refractivity contribution in [1.29, 1.82) is 0 Å².